The zero-order valence-corrected chi connectivity index (χ0v) is 12.9. The molecular formula is C17H14F3NO3. The number of ether oxygens (including phenoxy) is 1. The molecule has 3 aliphatic rings. The predicted molar refractivity (Wildman–Crippen MR) is 78.0 cm³/mol. The molecule has 0 aliphatic carbocycles. The summed E-state index contributed by atoms with van der Waals surface area (Å²) in [6.45, 7) is 3.44. The second-order valence-electron chi connectivity index (χ2n) is 6.82. The fourth-order valence-corrected chi connectivity index (χ4v) is 4.11. The van der Waals surface area contributed by atoms with Crippen molar-refractivity contribution in [2.45, 2.75) is 31.2 Å². The van der Waals surface area contributed by atoms with Crippen LogP contribution in [0.3, 0.4) is 0 Å². The van der Waals surface area contributed by atoms with E-state index in [0.29, 0.717) is 0 Å². The van der Waals surface area contributed by atoms with E-state index in [0.717, 1.165) is 17.0 Å². The van der Waals surface area contributed by atoms with Crippen LogP contribution in [0.1, 0.15) is 19.4 Å². The number of nitrogens with zero attached hydrogens (tertiary/aromatic N) is 1. The maximum Gasteiger partial charge on any atom is 0.416 e. The molecule has 1 aromatic carbocycles. The third-order valence-corrected chi connectivity index (χ3v) is 5.16. The van der Waals surface area contributed by atoms with E-state index in [1.165, 1.54) is 12.1 Å². The van der Waals surface area contributed by atoms with E-state index >= 15 is 0 Å². The van der Waals surface area contributed by atoms with Crippen molar-refractivity contribution in [1.82, 2.24) is 0 Å². The number of rotatable bonds is 1. The van der Waals surface area contributed by atoms with Gasteiger partial charge in [0, 0.05) is 0 Å². The Bertz CT molecular complexity index is 767. The first-order valence-corrected chi connectivity index (χ1v) is 7.52. The van der Waals surface area contributed by atoms with Crippen molar-refractivity contribution in [3.8, 4) is 0 Å². The number of hydrogen-bond donors (Lipinski definition) is 0. The maximum absolute atomic E-state index is 12.9. The van der Waals surface area contributed by atoms with Crippen molar-refractivity contribution in [2.24, 2.45) is 11.8 Å². The SMILES string of the molecule is C[C@]12C=C[C@@](C)(O1)[C@H]1C(=O)N(c3cccc(C(F)(F)F)c3)C(=O)[C@@H]12. The molecule has 2 saturated heterocycles. The summed E-state index contributed by atoms with van der Waals surface area (Å²) in [5.74, 6) is -2.45. The number of fused-ring (bicyclic) bond motifs is 5. The summed E-state index contributed by atoms with van der Waals surface area (Å²) in [5.41, 5.74) is -2.75. The Morgan fingerprint density at radius 2 is 1.58 bits per heavy atom. The first-order chi connectivity index (χ1) is 11.1. The highest BCUT2D eigenvalue weighted by atomic mass is 19.4. The van der Waals surface area contributed by atoms with Crippen LogP contribution >= 0.6 is 0 Å². The summed E-state index contributed by atoms with van der Waals surface area (Å²) >= 11 is 0. The van der Waals surface area contributed by atoms with E-state index in [2.05, 4.69) is 0 Å². The quantitative estimate of drug-likeness (QED) is 0.585. The van der Waals surface area contributed by atoms with Gasteiger partial charge in [0.25, 0.3) is 0 Å². The van der Waals surface area contributed by atoms with Crippen LogP contribution in [0.25, 0.3) is 0 Å². The maximum atomic E-state index is 12.9. The van der Waals surface area contributed by atoms with Gasteiger partial charge in [0.2, 0.25) is 11.8 Å². The summed E-state index contributed by atoms with van der Waals surface area (Å²) in [4.78, 5) is 26.5. The van der Waals surface area contributed by atoms with Crippen LogP contribution in [0, 0.1) is 11.8 Å². The molecule has 0 spiro atoms. The molecule has 4 rings (SSSR count). The summed E-state index contributed by atoms with van der Waals surface area (Å²) in [6.07, 6.45) is -1.02. The minimum atomic E-state index is -4.54. The van der Waals surface area contributed by atoms with Crippen molar-refractivity contribution in [3.63, 3.8) is 0 Å². The molecule has 3 heterocycles. The van der Waals surface area contributed by atoms with Crippen LogP contribution in [0.5, 0.6) is 0 Å². The van der Waals surface area contributed by atoms with Crippen LogP contribution in [-0.2, 0) is 20.5 Å². The fraction of sp³-hybridized carbons (Fsp3) is 0.412. The normalized spacial score (nSPS) is 37.5. The van der Waals surface area contributed by atoms with Crippen LogP contribution in [0.2, 0.25) is 0 Å². The molecule has 0 N–H and O–H groups in total. The van der Waals surface area contributed by atoms with E-state index in [1.807, 2.05) is 0 Å². The first-order valence-electron chi connectivity index (χ1n) is 7.52. The zero-order chi connectivity index (χ0) is 17.5. The molecule has 4 atom stereocenters. The van der Waals surface area contributed by atoms with Gasteiger partial charge in [-0.25, -0.2) is 4.90 Å². The molecule has 2 amide bonds. The molecular weight excluding hydrogens is 323 g/mol. The molecule has 126 valence electrons. The lowest BCUT2D eigenvalue weighted by Crippen LogP contribution is -2.39. The number of imide groups is 1. The Kier molecular flexibility index (Phi) is 2.74. The van der Waals surface area contributed by atoms with Crippen molar-refractivity contribution in [2.75, 3.05) is 4.90 Å². The number of amides is 2. The summed E-state index contributed by atoms with van der Waals surface area (Å²) < 4.78 is 44.6. The highest BCUT2D eigenvalue weighted by molar-refractivity contribution is 6.23. The number of alkyl halides is 3. The molecule has 1 aromatic rings. The average Bonchev–Trinajstić information content (AvgIpc) is 3.03. The molecule has 3 aliphatic heterocycles. The van der Waals surface area contributed by atoms with Crippen LogP contribution in [-0.4, -0.2) is 23.0 Å². The molecule has 2 bridgehead atoms. The van der Waals surface area contributed by atoms with Gasteiger partial charge >= 0.3 is 6.18 Å². The van der Waals surface area contributed by atoms with Gasteiger partial charge in [-0.15, -0.1) is 0 Å². The average molecular weight is 337 g/mol. The van der Waals surface area contributed by atoms with Crippen molar-refractivity contribution < 1.29 is 27.5 Å². The van der Waals surface area contributed by atoms with Crippen molar-refractivity contribution in [3.05, 3.63) is 42.0 Å². The first kappa shape index (κ1) is 15.4. The van der Waals surface area contributed by atoms with E-state index in [-0.39, 0.29) is 5.69 Å². The molecule has 24 heavy (non-hydrogen) atoms. The minimum absolute atomic E-state index is 0.0548. The van der Waals surface area contributed by atoms with Gasteiger partial charge in [-0.2, -0.15) is 13.2 Å². The van der Waals surface area contributed by atoms with E-state index in [4.69, 9.17) is 4.74 Å². The third kappa shape index (κ3) is 1.79. The van der Waals surface area contributed by atoms with E-state index in [9.17, 15) is 22.8 Å². The van der Waals surface area contributed by atoms with Crippen LogP contribution < -0.4 is 4.90 Å². The number of benzene rings is 1. The molecule has 2 fully saturated rings. The van der Waals surface area contributed by atoms with Gasteiger partial charge in [-0.1, -0.05) is 18.2 Å². The summed E-state index contributed by atoms with van der Waals surface area (Å²) in [7, 11) is 0. The minimum Gasteiger partial charge on any atom is -0.359 e. The summed E-state index contributed by atoms with van der Waals surface area (Å²) in [5, 5.41) is 0. The highest BCUT2D eigenvalue weighted by Crippen LogP contribution is 2.57. The lowest BCUT2D eigenvalue weighted by atomic mass is 9.73. The van der Waals surface area contributed by atoms with Crippen molar-refractivity contribution >= 4 is 17.5 Å². The van der Waals surface area contributed by atoms with E-state index in [1.54, 1.807) is 26.0 Å². The molecule has 0 radical (unpaired) electrons. The molecule has 0 saturated carbocycles. The number of halogens is 3. The highest BCUT2D eigenvalue weighted by Gasteiger charge is 2.70. The molecule has 4 nitrogen and oxygen atoms in total. The second kappa shape index (κ2) is 4.27. The monoisotopic (exact) mass is 337 g/mol. The molecule has 0 aromatic heterocycles. The van der Waals surface area contributed by atoms with Gasteiger partial charge in [-0.05, 0) is 32.0 Å². The van der Waals surface area contributed by atoms with Gasteiger partial charge in [0.05, 0.1) is 34.3 Å². The van der Waals surface area contributed by atoms with Gasteiger partial charge in [-0.3, -0.25) is 9.59 Å². The molecule has 7 heteroatoms. The standard InChI is InChI=1S/C17H14F3NO3/c1-15-6-7-16(2,24-15)12-11(15)13(22)21(14(12)23)10-5-3-4-9(8-10)17(18,19)20/h3-8,11-12H,1-2H3/t11-,12-,15-,16-/m1/s1. The fourth-order valence-electron chi connectivity index (χ4n) is 4.11. The Labute approximate surface area is 135 Å². The Hall–Kier alpha value is -2.15. The topological polar surface area (TPSA) is 46.6 Å². The summed E-state index contributed by atoms with van der Waals surface area (Å²) in [6, 6.07) is 4.27. The third-order valence-electron chi connectivity index (χ3n) is 5.16. The van der Waals surface area contributed by atoms with E-state index < -0.39 is 46.6 Å². The Morgan fingerprint density at radius 1 is 1.04 bits per heavy atom. The van der Waals surface area contributed by atoms with Gasteiger partial charge in [0.15, 0.2) is 0 Å². The largest absolute Gasteiger partial charge is 0.416 e. The second-order valence-corrected chi connectivity index (χ2v) is 6.82. The Balaban J connectivity index is 1.78. The van der Waals surface area contributed by atoms with Gasteiger partial charge in [0.1, 0.15) is 0 Å². The number of carbonyl (C=O) groups excluding carboxylic acids is 2. The number of carbonyl (C=O) groups is 2. The Morgan fingerprint density at radius 3 is 2.08 bits per heavy atom. The smallest absolute Gasteiger partial charge is 0.359 e. The lowest BCUT2D eigenvalue weighted by molar-refractivity contribution is -0.138. The van der Waals surface area contributed by atoms with Crippen molar-refractivity contribution in [1.29, 1.82) is 0 Å². The number of anilines is 1. The zero-order valence-electron chi connectivity index (χ0n) is 12.9. The lowest BCUT2D eigenvalue weighted by Gasteiger charge is -2.25. The van der Waals surface area contributed by atoms with Gasteiger partial charge < -0.3 is 4.74 Å². The molecule has 0 unspecified atom stereocenters. The van der Waals surface area contributed by atoms with Crippen LogP contribution in [0.15, 0.2) is 36.4 Å². The predicted octanol–water partition coefficient (Wildman–Crippen LogP) is 2.93. The number of hydrogen-bond acceptors (Lipinski definition) is 3. The van der Waals surface area contributed by atoms with Crippen LogP contribution in [0.4, 0.5) is 18.9 Å².